The number of aliphatic imine (C=N–C) groups is 1. The van der Waals surface area contributed by atoms with Crippen LogP contribution < -0.4 is 0 Å². The van der Waals surface area contributed by atoms with Gasteiger partial charge in [-0.05, 0) is 27.7 Å². The molecule has 1 heterocycles. The van der Waals surface area contributed by atoms with Crippen LogP contribution in [0.15, 0.2) is 4.99 Å². The summed E-state index contributed by atoms with van der Waals surface area (Å²) in [5.74, 6) is 0.275. The van der Waals surface area contributed by atoms with Gasteiger partial charge >= 0.3 is 12.1 Å². The Labute approximate surface area is 171 Å². The van der Waals surface area contributed by atoms with E-state index in [1.807, 2.05) is 13.8 Å². The van der Waals surface area contributed by atoms with Crippen LogP contribution in [0.2, 0.25) is 0 Å². The van der Waals surface area contributed by atoms with Gasteiger partial charge in [0.15, 0.2) is 5.54 Å². The van der Waals surface area contributed by atoms with Gasteiger partial charge < -0.3 is 19.5 Å². The van der Waals surface area contributed by atoms with E-state index in [0.717, 1.165) is 0 Å². The number of esters is 1. The smallest absolute Gasteiger partial charge is 0.410 e. The van der Waals surface area contributed by atoms with Crippen LogP contribution in [-0.4, -0.2) is 76.1 Å². The maximum absolute atomic E-state index is 12.4. The molecule has 0 aromatic carbocycles. The fourth-order valence-corrected chi connectivity index (χ4v) is 4.47. The second-order valence-corrected chi connectivity index (χ2v) is 9.81. The molecule has 1 aliphatic heterocycles. The molecule has 1 N–H and O–H groups in total. The van der Waals surface area contributed by atoms with Crippen LogP contribution >= 0.6 is 24.4 Å². The van der Waals surface area contributed by atoms with Gasteiger partial charge in [0.2, 0.25) is 0 Å². The summed E-state index contributed by atoms with van der Waals surface area (Å²) in [5, 5.41) is 11.7. The minimum absolute atomic E-state index is 0.243. The second-order valence-electron chi connectivity index (χ2n) is 8.48. The highest BCUT2D eigenvalue weighted by atomic mass is 32.2. The zero-order valence-electron chi connectivity index (χ0n) is 17.4. The lowest BCUT2D eigenvalue weighted by molar-refractivity contribution is -0.145. The largest absolute Gasteiger partial charge is 0.467 e. The van der Waals surface area contributed by atoms with Crippen molar-refractivity contribution >= 4 is 41.5 Å². The number of aliphatic hydroxyl groups is 1. The van der Waals surface area contributed by atoms with Crippen molar-refractivity contribution in [2.24, 2.45) is 10.4 Å². The third kappa shape index (κ3) is 5.54. The first-order valence-corrected chi connectivity index (χ1v) is 10.4. The third-order valence-corrected chi connectivity index (χ3v) is 6.46. The fraction of sp³-hybridized carbons (Fsp3) is 0.833. The number of hydrogen-bond donors (Lipinski definition) is 2. The predicted molar refractivity (Wildman–Crippen MR) is 112 cm³/mol. The first kappa shape index (κ1) is 24.1. The van der Waals surface area contributed by atoms with Gasteiger partial charge in [0.25, 0.3) is 0 Å². The molecule has 0 bridgehead atoms. The highest BCUT2D eigenvalue weighted by molar-refractivity contribution is 8.14. The molecule has 0 radical (unpaired) electrons. The Morgan fingerprint density at radius 1 is 1.37 bits per heavy atom. The Morgan fingerprint density at radius 3 is 2.37 bits per heavy atom. The SMILES string of the molecule is COC(=O)[C@@]1(C)CSC(C(C)(C)[C@H](O)[C@H](CS)N(C)C(=O)OC(C)(C)C)=N1. The third-order valence-electron chi connectivity index (χ3n) is 4.48. The minimum Gasteiger partial charge on any atom is -0.467 e. The molecule has 0 unspecified atom stereocenters. The van der Waals surface area contributed by atoms with Gasteiger partial charge in [-0.25, -0.2) is 9.59 Å². The highest BCUT2D eigenvalue weighted by Gasteiger charge is 2.48. The van der Waals surface area contributed by atoms with E-state index >= 15 is 0 Å². The molecular weight excluding hydrogens is 388 g/mol. The van der Waals surface area contributed by atoms with Gasteiger partial charge in [-0.15, -0.1) is 11.8 Å². The van der Waals surface area contributed by atoms with Crippen molar-refractivity contribution in [3.63, 3.8) is 0 Å². The van der Waals surface area contributed by atoms with Crippen molar-refractivity contribution < 1.29 is 24.2 Å². The molecule has 0 aliphatic carbocycles. The number of carbonyl (C=O) groups is 2. The summed E-state index contributed by atoms with van der Waals surface area (Å²) >= 11 is 5.74. The quantitative estimate of drug-likeness (QED) is 0.507. The van der Waals surface area contributed by atoms with Gasteiger partial charge in [-0.1, -0.05) is 13.8 Å². The van der Waals surface area contributed by atoms with E-state index < -0.39 is 40.8 Å². The Balaban J connectivity index is 3.06. The zero-order valence-corrected chi connectivity index (χ0v) is 19.1. The van der Waals surface area contributed by atoms with Crippen LogP contribution in [0.25, 0.3) is 0 Å². The maximum Gasteiger partial charge on any atom is 0.410 e. The van der Waals surface area contributed by atoms with Crippen molar-refractivity contribution in [1.82, 2.24) is 4.90 Å². The number of aliphatic hydroxyl groups excluding tert-OH is 1. The number of thiol groups is 1. The fourth-order valence-electron chi connectivity index (χ4n) is 2.66. The normalized spacial score (nSPS) is 22.7. The molecule has 3 atom stereocenters. The van der Waals surface area contributed by atoms with E-state index in [9.17, 15) is 14.7 Å². The second kappa shape index (κ2) is 8.61. The monoisotopic (exact) mass is 420 g/mol. The molecule has 0 saturated carbocycles. The van der Waals surface area contributed by atoms with E-state index in [1.54, 1.807) is 34.7 Å². The lowest BCUT2D eigenvalue weighted by atomic mass is 9.83. The molecule has 7 nitrogen and oxygen atoms in total. The van der Waals surface area contributed by atoms with E-state index in [0.29, 0.717) is 10.8 Å². The molecule has 156 valence electrons. The zero-order chi connectivity index (χ0) is 21.2. The number of carbonyl (C=O) groups excluding carboxylic acids is 2. The summed E-state index contributed by atoms with van der Waals surface area (Å²) in [6.07, 6.45) is -1.49. The molecule has 1 amide bonds. The molecule has 9 heteroatoms. The standard InChI is InChI=1S/C18H32N2O5S2/c1-16(2,3)25-15(23)20(7)11(9-26)12(21)17(4,5)13-19-18(6,10-27-13)14(22)24-8/h11-12,21,26H,9-10H2,1-8H3/t11-,12+,18+/m0/s1. The van der Waals surface area contributed by atoms with E-state index in [1.165, 1.54) is 23.8 Å². The van der Waals surface area contributed by atoms with Crippen LogP contribution in [0.1, 0.15) is 41.5 Å². The van der Waals surface area contributed by atoms with Crippen LogP contribution in [0.3, 0.4) is 0 Å². The van der Waals surface area contributed by atoms with Crippen LogP contribution in [0, 0.1) is 5.41 Å². The first-order chi connectivity index (χ1) is 12.2. The summed E-state index contributed by atoms with van der Waals surface area (Å²) in [7, 11) is 2.91. The molecular formula is C18H32N2O5S2. The van der Waals surface area contributed by atoms with Crippen LogP contribution in [0.5, 0.6) is 0 Å². The summed E-state index contributed by atoms with van der Waals surface area (Å²) in [4.78, 5) is 30.3. The number of thioether (sulfide) groups is 1. The topological polar surface area (TPSA) is 88.4 Å². The Kier molecular flexibility index (Phi) is 7.69. The lowest BCUT2D eigenvalue weighted by Gasteiger charge is -2.39. The number of rotatable bonds is 6. The molecule has 0 aromatic rings. The minimum atomic E-state index is -0.973. The summed E-state index contributed by atoms with van der Waals surface area (Å²) in [6.45, 7) is 10.7. The van der Waals surface area contributed by atoms with E-state index in [-0.39, 0.29) is 5.75 Å². The van der Waals surface area contributed by atoms with Gasteiger partial charge in [0.1, 0.15) is 5.60 Å². The Morgan fingerprint density at radius 2 is 1.93 bits per heavy atom. The number of nitrogens with zero attached hydrogens (tertiary/aromatic N) is 2. The van der Waals surface area contributed by atoms with E-state index in [4.69, 9.17) is 9.47 Å². The average molecular weight is 421 g/mol. The number of likely N-dealkylation sites (N-methyl/N-ethyl adjacent to an activating group) is 1. The van der Waals surface area contributed by atoms with Crippen molar-refractivity contribution in [3.05, 3.63) is 0 Å². The summed E-state index contributed by atoms with van der Waals surface area (Å²) < 4.78 is 10.2. The number of methoxy groups -OCH3 is 1. The van der Waals surface area contributed by atoms with Crippen LogP contribution in [-0.2, 0) is 14.3 Å². The number of amides is 1. The van der Waals surface area contributed by atoms with Crippen molar-refractivity contribution in [1.29, 1.82) is 0 Å². The summed E-state index contributed by atoms with van der Waals surface area (Å²) in [5.41, 5.74) is -2.40. The predicted octanol–water partition coefficient (Wildman–Crippen LogP) is 2.62. The van der Waals surface area contributed by atoms with Crippen molar-refractivity contribution in [2.75, 3.05) is 25.7 Å². The molecule has 0 aromatic heterocycles. The molecule has 0 fully saturated rings. The van der Waals surface area contributed by atoms with E-state index in [2.05, 4.69) is 17.6 Å². The number of ether oxygens (including phenoxy) is 2. The summed E-state index contributed by atoms with van der Waals surface area (Å²) in [6, 6.07) is -0.591. The van der Waals surface area contributed by atoms with Gasteiger partial charge in [-0.3, -0.25) is 4.99 Å². The van der Waals surface area contributed by atoms with Gasteiger partial charge in [0.05, 0.1) is 24.3 Å². The molecule has 1 aliphatic rings. The van der Waals surface area contributed by atoms with Crippen molar-refractivity contribution in [3.8, 4) is 0 Å². The van der Waals surface area contributed by atoms with Crippen molar-refractivity contribution in [2.45, 2.75) is 64.8 Å². The first-order valence-electron chi connectivity index (χ1n) is 8.76. The van der Waals surface area contributed by atoms with Crippen LogP contribution in [0.4, 0.5) is 4.79 Å². The Hall–Kier alpha value is -0.930. The Bertz CT molecular complexity index is 603. The van der Waals surface area contributed by atoms with Gasteiger partial charge in [0, 0.05) is 24.0 Å². The molecule has 1 rings (SSSR count). The average Bonchev–Trinajstić information content (AvgIpc) is 2.97. The highest BCUT2D eigenvalue weighted by Crippen LogP contribution is 2.40. The molecule has 0 spiro atoms. The lowest BCUT2D eigenvalue weighted by Crippen LogP contribution is -2.54. The number of hydrogen-bond acceptors (Lipinski definition) is 8. The van der Waals surface area contributed by atoms with Gasteiger partial charge in [-0.2, -0.15) is 12.6 Å². The maximum atomic E-state index is 12.4. The molecule has 0 saturated heterocycles. The molecule has 27 heavy (non-hydrogen) atoms.